The Morgan fingerprint density at radius 3 is 2.10 bits per heavy atom. The Kier molecular flexibility index (Phi) is 7.41. The molecule has 0 spiro atoms. The van der Waals surface area contributed by atoms with Crippen molar-refractivity contribution in [3.8, 4) is 0 Å². The first kappa shape index (κ1) is 22.5. The van der Waals surface area contributed by atoms with Gasteiger partial charge in [-0.05, 0) is 36.9 Å². The van der Waals surface area contributed by atoms with Crippen molar-refractivity contribution < 1.29 is 24.6 Å². The van der Waals surface area contributed by atoms with Crippen LogP contribution in [0.1, 0.15) is 36.8 Å². The molecule has 7 nitrogen and oxygen atoms in total. The first-order valence-electron chi connectivity index (χ1n) is 10.5. The van der Waals surface area contributed by atoms with Gasteiger partial charge in [0.25, 0.3) is 0 Å². The van der Waals surface area contributed by atoms with E-state index in [0.717, 1.165) is 17.5 Å². The van der Waals surface area contributed by atoms with Crippen LogP contribution in [0.15, 0.2) is 60.7 Å². The molecule has 7 heteroatoms. The van der Waals surface area contributed by atoms with Gasteiger partial charge in [0.2, 0.25) is 5.91 Å². The number of benzene rings is 2. The summed E-state index contributed by atoms with van der Waals surface area (Å²) >= 11 is 0. The molecule has 0 aromatic heterocycles. The quantitative estimate of drug-likeness (QED) is 0.541. The third-order valence-electron chi connectivity index (χ3n) is 5.81. The van der Waals surface area contributed by atoms with Crippen molar-refractivity contribution in [2.75, 3.05) is 6.54 Å². The predicted octanol–water partition coefficient (Wildman–Crippen LogP) is 2.70. The van der Waals surface area contributed by atoms with Gasteiger partial charge in [-0.1, -0.05) is 60.7 Å². The highest BCUT2D eigenvalue weighted by Gasteiger charge is 2.48. The van der Waals surface area contributed by atoms with Crippen molar-refractivity contribution in [2.45, 2.75) is 50.2 Å². The van der Waals surface area contributed by atoms with Crippen LogP contribution in [0.3, 0.4) is 0 Å². The minimum absolute atomic E-state index is 0.0295. The Balaban J connectivity index is 2.07. The van der Waals surface area contributed by atoms with E-state index in [0.29, 0.717) is 13.0 Å². The maximum absolute atomic E-state index is 13.6. The number of carbonyl (C=O) groups excluding carboxylic acids is 1. The van der Waals surface area contributed by atoms with Gasteiger partial charge in [0.05, 0.1) is 6.04 Å². The van der Waals surface area contributed by atoms with Crippen LogP contribution in [-0.2, 0) is 27.3 Å². The van der Waals surface area contributed by atoms with E-state index in [9.17, 15) is 24.6 Å². The Bertz CT molecular complexity index is 897. The molecule has 1 aliphatic heterocycles. The number of nitrogens with one attached hydrogen (secondary N) is 1. The van der Waals surface area contributed by atoms with E-state index in [2.05, 4.69) is 5.32 Å². The molecular weight excluding hydrogens is 396 g/mol. The molecule has 164 valence electrons. The van der Waals surface area contributed by atoms with Gasteiger partial charge in [0.1, 0.15) is 5.54 Å². The minimum Gasteiger partial charge on any atom is -0.481 e. The zero-order valence-corrected chi connectivity index (χ0v) is 17.4. The summed E-state index contributed by atoms with van der Waals surface area (Å²) in [5.41, 5.74) is -0.153. The molecule has 31 heavy (non-hydrogen) atoms. The normalized spacial score (nSPS) is 17.6. The van der Waals surface area contributed by atoms with Crippen LogP contribution in [0.4, 0.5) is 0 Å². The third kappa shape index (κ3) is 5.49. The van der Waals surface area contributed by atoms with Crippen molar-refractivity contribution in [1.82, 2.24) is 10.2 Å². The number of hydrogen-bond acceptors (Lipinski definition) is 4. The van der Waals surface area contributed by atoms with Gasteiger partial charge in [-0.15, -0.1) is 0 Å². The van der Waals surface area contributed by atoms with Gasteiger partial charge in [-0.25, -0.2) is 4.79 Å². The van der Waals surface area contributed by atoms with Crippen molar-refractivity contribution in [2.24, 2.45) is 0 Å². The fraction of sp³-hybridized carbons (Fsp3) is 0.375. The Morgan fingerprint density at radius 2 is 1.58 bits per heavy atom. The third-order valence-corrected chi connectivity index (χ3v) is 5.81. The molecule has 1 fully saturated rings. The summed E-state index contributed by atoms with van der Waals surface area (Å²) in [5.74, 6) is -2.59. The summed E-state index contributed by atoms with van der Waals surface area (Å²) < 4.78 is 0. The topological polar surface area (TPSA) is 107 Å². The summed E-state index contributed by atoms with van der Waals surface area (Å²) in [5, 5.41) is 22.9. The molecule has 2 atom stereocenters. The summed E-state index contributed by atoms with van der Waals surface area (Å²) in [6.07, 6.45) is 0.961. The Labute approximate surface area is 181 Å². The van der Waals surface area contributed by atoms with Gasteiger partial charge in [-0.3, -0.25) is 9.59 Å². The molecule has 0 radical (unpaired) electrons. The van der Waals surface area contributed by atoms with Gasteiger partial charge >= 0.3 is 11.9 Å². The SMILES string of the molecule is O=C(O)CC[C@@](Cc1ccccc1)(C(=O)O)N(Cc1ccccc1)C(=O)[C@@H]1CCCN1. The molecule has 3 N–H and O–H groups in total. The predicted molar refractivity (Wildman–Crippen MR) is 115 cm³/mol. The smallest absolute Gasteiger partial charge is 0.330 e. The first-order valence-corrected chi connectivity index (χ1v) is 10.5. The molecule has 0 aliphatic carbocycles. The molecule has 0 unspecified atom stereocenters. The summed E-state index contributed by atoms with van der Waals surface area (Å²) in [7, 11) is 0. The van der Waals surface area contributed by atoms with Crippen LogP contribution in [0.25, 0.3) is 0 Å². The molecule has 1 heterocycles. The van der Waals surface area contributed by atoms with Gasteiger partial charge in [0, 0.05) is 19.4 Å². The van der Waals surface area contributed by atoms with Gasteiger partial charge in [0.15, 0.2) is 0 Å². The molecule has 1 saturated heterocycles. The van der Waals surface area contributed by atoms with Crippen LogP contribution in [-0.4, -0.2) is 51.1 Å². The molecular formula is C24H28N2O5. The fourth-order valence-electron chi connectivity index (χ4n) is 4.15. The van der Waals surface area contributed by atoms with E-state index in [4.69, 9.17) is 0 Å². The van der Waals surface area contributed by atoms with E-state index < -0.39 is 23.5 Å². The van der Waals surface area contributed by atoms with Crippen molar-refractivity contribution in [3.63, 3.8) is 0 Å². The zero-order chi connectivity index (χ0) is 22.3. The summed E-state index contributed by atoms with van der Waals surface area (Å²) in [6, 6.07) is 17.8. The van der Waals surface area contributed by atoms with Crippen molar-refractivity contribution in [1.29, 1.82) is 0 Å². The van der Waals surface area contributed by atoms with Crippen LogP contribution in [0, 0.1) is 0 Å². The average molecular weight is 424 g/mol. The van der Waals surface area contributed by atoms with Crippen LogP contribution < -0.4 is 5.32 Å². The van der Waals surface area contributed by atoms with Gasteiger partial charge in [-0.2, -0.15) is 0 Å². The number of hydrogen-bond donors (Lipinski definition) is 3. The lowest BCUT2D eigenvalue weighted by Crippen LogP contribution is -2.61. The first-order chi connectivity index (χ1) is 14.9. The summed E-state index contributed by atoms with van der Waals surface area (Å²) in [6.45, 7) is 0.792. The lowest BCUT2D eigenvalue weighted by atomic mass is 9.83. The van der Waals surface area contributed by atoms with E-state index in [-0.39, 0.29) is 31.7 Å². The highest BCUT2D eigenvalue weighted by molar-refractivity contribution is 5.90. The Morgan fingerprint density at radius 1 is 0.968 bits per heavy atom. The molecule has 3 rings (SSSR count). The largest absolute Gasteiger partial charge is 0.481 e. The maximum atomic E-state index is 13.6. The van der Waals surface area contributed by atoms with Crippen LogP contribution >= 0.6 is 0 Å². The van der Waals surface area contributed by atoms with E-state index in [1.165, 1.54) is 4.90 Å². The highest BCUT2D eigenvalue weighted by Crippen LogP contribution is 2.31. The number of carboxylic acid groups (broad SMARTS) is 2. The number of amides is 1. The Hall–Kier alpha value is -3.19. The standard InChI is InChI=1S/C24H28N2O5/c27-21(28)13-14-24(23(30)31,16-18-8-3-1-4-9-18)26(17-19-10-5-2-6-11-19)22(29)20-12-7-15-25-20/h1-6,8-11,20,25H,7,12-17H2,(H,27,28)(H,30,31)/t20-,24+/m0/s1. The highest BCUT2D eigenvalue weighted by atomic mass is 16.4. The van der Waals surface area contributed by atoms with Crippen molar-refractivity contribution in [3.05, 3.63) is 71.8 Å². The minimum atomic E-state index is -1.68. The lowest BCUT2D eigenvalue weighted by Gasteiger charge is -2.42. The average Bonchev–Trinajstić information content (AvgIpc) is 3.31. The van der Waals surface area contributed by atoms with E-state index in [1.54, 1.807) is 24.3 Å². The molecule has 1 amide bonds. The second-order valence-electron chi connectivity index (χ2n) is 7.95. The van der Waals surface area contributed by atoms with Crippen molar-refractivity contribution >= 4 is 17.8 Å². The van der Waals surface area contributed by atoms with E-state index >= 15 is 0 Å². The number of carboxylic acids is 2. The molecule has 2 aromatic rings. The molecule has 2 aromatic carbocycles. The molecule has 0 saturated carbocycles. The number of nitrogens with zero attached hydrogens (tertiary/aromatic N) is 1. The zero-order valence-electron chi connectivity index (χ0n) is 17.4. The molecule has 0 bridgehead atoms. The second-order valence-corrected chi connectivity index (χ2v) is 7.95. The number of aliphatic carboxylic acids is 2. The molecule has 1 aliphatic rings. The lowest BCUT2D eigenvalue weighted by molar-refractivity contribution is -0.162. The van der Waals surface area contributed by atoms with Crippen LogP contribution in [0.5, 0.6) is 0 Å². The summed E-state index contributed by atoms with van der Waals surface area (Å²) in [4.78, 5) is 39.2. The van der Waals surface area contributed by atoms with E-state index in [1.807, 2.05) is 36.4 Å². The monoisotopic (exact) mass is 424 g/mol. The van der Waals surface area contributed by atoms with Crippen LogP contribution in [0.2, 0.25) is 0 Å². The maximum Gasteiger partial charge on any atom is 0.330 e. The fourth-order valence-corrected chi connectivity index (χ4v) is 4.15. The van der Waals surface area contributed by atoms with Gasteiger partial charge < -0.3 is 20.4 Å². The number of rotatable bonds is 10. The second kappa shape index (κ2) is 10.2. The number of carbonyl (C=O) groups is 3.